The second-order valence-electron chi connectivity index (χ2n) is 9.82. The van der Waals surface area contributed by atoms with E-state index < -0.39 is 12.0 Å². The van der Waals surface area contributed by atoms with Crippen molar-refractivity contribution in [3.63, 3.8) is 0 Å². The van der Waals surface area contributed by atoms with E-state index in [9.17, 15) is 9.59 Å². The van der Waals surface area contributed by atoms with Gasteiger partial charge < -0.3 is 9.47 Å². The Kier molecular flexibility index (Phi) is 8.32. The van der Waals surface area contributed by atoms with Crippen LogP contribution in [0.3, 0.4) is 0 Å². The van der Waals surface area contributed by atoms with Crippen LogP contribution in [0.4, 0.5) is 0 Å². The van der Waals surface area contributed by atoms with Crippen LogP contribution in [0.2, 0.25) is 0 Å². The van der Waals surface area contributed by atoms with Gasteiger partial charge in [-0.25, -0.2) is 9.79 Å². The van der Waals surface area contributed by atoms with Gasteiger partial charge >= 0.3 is 5.97 Å². The van der Waals surface area contributed by atoms with E-state index in [2.05, 4.69) is 19.8 Å². The van der Waals surface area contributed by atoms with E-state index in [0.29, 0.717) is 32.3 Å². The molecule has 0 radical (unpaired) electrons. The van der Waals surface area contributed by atoms with Crippen molar-refractivity contribution in [3.8, 4) is 18.1 Å². The second kappa shape index (κ2) is 12.2. The van der Waals surface area contributed by atoms with E-state index in [4.69, 9.17) is 20.9 Å². The first kappa shape index (κ1) is 27.9. The Morgan fingerprint density at radius 3 is 2.54 bits per heavy atom. The molecule has 7 heteroatoms. The molecule has 2 heterocycles. The van der Waals surface area contributed by atoms with E-state index in [1.807, 2.05) is 84.9 Å². The first-order chi connectivity index (χ1) is 19.9. The third kappa shape index (κ3) is 5.79. The van der Waals surface area contributed by atoms with Crippen molar-refractivity contribution in [1.29, 1.82) is 0 Å². The Hall–Kier alpha value is -4.67. The lowest BCUT2D eigenvalue weighted by molar-refractivity contribution is -0.138. The van der Waals surface area contributed by atoms with Gasteiger partial charge in [0.2, 0.25) is 0 Å². The van der Waals surface area contributed by atoms with E-state index in [1.54, 1.807) is 11.5 Å². The molecule has 0 saturated carbocycles. The minimum atomic E-state index is -0.714. The van der Waals surface area contributed by atoms with Crippen molar-refractivity contribution in [2.24, 2.45) is 4.99 Å². The molecule has 0 amide bonds. The van der Waals surface area contributed by atoms with Gasteiger partial charge in [-0.15, -0.1) is 6.42 Å². The van der Waals surface area contributed by atoms with Gasteiger partial charge in [-0.1, -0.05) is 97.8 Å². The lowest BCUT2D eigenvalue weighted by Gasteiger charge is -2.26. The molecule has 206 valence electrons. The molecule has 0 spiro atoms. The van der Waals surface area contributed by atoms with E-state index in [-0.39, 0.29) is 18.8 Å². The number of hydrogen-bond donors (Lipinski definition) is 0. The van der Waals surface area contributed by atoms with Crippen molar-refractivity contribution in [1.82, 2.24) is 4.57 Å². The van der Waals surface area contributed by atoms with Gasteiger partial charge in [0.15, 0.2) is 4.80 Å². The quantitative estimate of drug-likeness (QED) is 0.222. The van der Waals surface area contributed by atoms with Crippen LogP contribution in [0, 0.1) is 12.3 Å². The van der Waals surface area contributed by atoms with Crippen LogP contribution in [0.5, 0.6) is 5.75 Å². The molecule has 41 heavy (non-hydrogen) atoms. The van der Waals surface area contributed by atoms with Gasteiger partial charge in [0.25, 0.3) is 5.56 Å². The number of thiazole rings is 1. The fourth-order valence-electron chi connectivity index (χ4n) is 4.79. The van der Waals surface area contributed by atoms with Crippen LogP contribution in [0.25, 0.3) is 11.8 Å². The maximum absolute atomic E-state index is 14.1. The molecule has 0 saturated heterocycles. The molecule has 0 bridgehead atoms. The Bertz CT molecular complexity index is 1820. The largest absolute Gasteiger partial charge is 0.481 e. The molecule has 0 unspecified atom stereocenters. The zero-order valence-electron chi connectivity index (χ0n) is 23.2. The van der Waals surface area contributed by atoms with Crippen molar-refractivity contribution >= 4 is 29.1 Å². The molecule has 1 aromatic heterocycles. The zero-order chi connectivity index (χ0) is 28.9. The van der Waals surface area contributed by atoms with Gasteiger partial charge in [0.1, 0.15) is 12.4 Å². The Labute approximate surface area is 242 Å². The molecule has 1 aliphatic rings. The monoisotopic (exact) mass is 562 g/mol. The highest BCUT2D eigenvalue weighted by molar-refractivity contribution is 7.07. The van der Waals surface area contributed by atoms with E-state index in [1.165, 1.54) is 11.3 Å². The van der Waals surface area contributed by atoms with Crippen LogP contribution in [-0.4, -0.2) is 23.8 Å². The number of rotatable bonds is 8. The first-order valence-electron chi connectivity index (χ1n) is 13.5. The number of ether oxygens (including phenoxy) is 2. The van der Waals surface area contributed by atoms with Crippen molar-refractivity contribution in [2.45, 2.75) is 32.7 Å². The third-order valence-electron chi connectivity index (χ3n) is 6.77. The summed E-state index contributed by atoms with van der Waals surface area (Å²) < 4.78 is 13.2. The Morgan fingerprint density at radius 1 is 1.10 bits per heavy atom. The molecule has 1 atom stereocenters. The zero-order valence-corrected chi connectivity index (χ0v) is 24.0. The topological polar surface area (TPSA) is 69.9 Å². The number of carbonyl (C=O) groups excluding carboxylic acids is 1. The van der Waals surface area contributed by atoms with Gasteiger partial charge in [0, 0.05) is 5.56 Å². The van der Waals surface area contributed by atoms with Crippen molar-refractivity contribution in [2.75, 3.05) is 13.2 Å². The third-order valence-corrected chi connectivity index (χ3v) is 7.75. The van der Waals surface area contributed by atoms with Crippen LogP contribution in [0.1, 0.15) is 55.0 Å². The van der Waals surface area contributed by atoms with E-state index in [0.717, 1.165) is 22.3 Å². The smallest absolute Gasteiger partial charge is 0.338 e. The number of terminal acetylenes is 1. The maximum Gasteiger partial charge on any atom is 0.338 e. The molecular weight excluding hydrogens is 532 g/mol. The first-order valence-corrected chi connectivity index (χ1v) is 14.3. The number of hydrogen-bond acceptors (Lipinski definition) is 6. The van der Waals surface area contributed by atoms with E-state index >= 15 is 0 Å². The van der Waals surface area contributed by atoms with Gasteiger partial charge in [0.05, 0.1) is 28.5 Å². The predicted octanol–water partition coefficient (Wildman–Crippen LogP) is 5.07. The molecule has 3 aromatic carbocycles. The second-order valence-corrected chi connectivity index (χ2v) is 10.8. The summed E-state index contributed by atoms with van der Waals surface area (Å²) in [6.07, 6.45) is 7.14. The van der Waals surface area contributed by atoms with Crippen molar-refractivity contribution < 1.29 is 14.3 Å². The van der Waals surface area contributed by atoms with Crippen LogP contribution in [0.15, 0.2) is 94.2 Å². The van der Waals surface area contributed by atoms with Crippen molar-refractivity contribution in [3.05, 3.63) is 126 Å². The molecule has 1 aliphatic heterocycles. The summed E-state index contributed by atoms with van der Waals surface area (Å²) in [5.74, 6) is 2.91. The Balaban J connectivity index is 1.76. The standard InChI is InChI=1S/C34H30N2O4S/c1-5-19-40-27-14-10-11-23(20-27)21-28-32(37)36-31(26-17-15-24(16-18-26)22(3)4)29(33(38)39-6-2)30(35-34(36)41-28)25-12-8-7-9-13-25/h1,7-18,20-22,31H,6,19H2,2-4H3/b28-21-/t31-/m0/s1. The molecular formula is C34H30N2O4S. The van der Waals surface area contributed by atoms with Crippen LogP contribution < -0.4 is 19.6 Å². The number of aromatic nitrogens is 1. The van der Waals surface area contributed by atoms with Gasteiger partial charge in [-0.05, 0) is 47.7 Å². The van der Waals surface area contributed by atoms with Crippen LogP contribution >= 0.6 is 11.3 Å². The number of carbonyl (C=O) groups is 1. The highest BCUT2D eigenvalue weighted by Gasteiger charge is 2.35. The lowest BCUT2D eigenvalue weighted by Crippen LogP contribution is -2.40. The fraction of sp³-hybridized carbons (Fsp3) is 0.206. The summed E-state index contributed by atoms with van der Waals surface area (Å²) in [5, 5.41) is 0. The number of esters is 1. The SMILES string of the molecule is C#CCOc1cccc(/C=c2\sc3n(c2=O)[C@@H](c2ccc(C(C)C)cc2)C(C(=O)OCC)=C(c2ccccc2)N=3)c1. The molecule has 0 N–H and O–H groups in total. The molecule has 5 rings (SSSR count). The molecule has 6 nitrogen and oxygen atoms in total. The minimum absolute atomic E-state index is 0.153. The highest BCUT2D eigenvalue weighted by Crippen LogP contribution is 2.35. The Morgan fingerprint density at radius 2 is 1.85 bits per heavy atom. The molecule has 0 aliphatic carbocycles. The summed E-state index contributed by atoms with van der Waals surface area (Å²) in [5.41, 5.74) is 4.12. The molecule has 4 aromatic rings. The minimum Gasteiger partial charge on any atom is -0.481 e. The average molecular weight is 563 g/mol. The molecule has 0 fully saturated rings. The normalized spacial score (nSPS) is 14.8. The lowest BCUT2D eigenvalue weighted by atomic mass is 9.91. The number of fused-ring (bicyclic) bond motifs is 1. The highest BCUT2D eigenvalue weighted by atomic mass is 32.1. The summed E-state index contributed by atoms with van der Waals surface area (Å²) in [6, 6.07) is 24.3. The van der Waals surface area contributed by atoms with Crippen LogP contribution in [-0.2, 0) is 9.53 Å². The summed E-state index contributed by atoms with van der Waals surface area (Å²) in [6.45, 7) is 6.38. The summed E-state index contributed by atoms with van der Waals surface area (Å²) in [4.78, 5) is 33.1. The number of benzene rings is 3. The maximum atomic E-state index is 14.1. The number of nitrogens with zero attached hydrogens (tertiary/aromatic N) is 2. The summed E-state index contributed by atoms with van der Waals surface area (Å²) >= 11 is 1.28. The fourth-order valence-corrected chi connectivity index (χ4v) is 5.79. The summed E-state index contributed by atoms with van der Waals surface area (Å²) in [7, 11) is 0. The van der Waals surface area contributed by atoms with Gasteiger partial charge in [-0.2, -0.15) is 0 Å². The van der Waals surface area contributed by atoms with Gasteiger partial charge in [-0.3, -0.25) is 9.36 Å². The average Bonchev–Trinajstić information content (AvgIpc) is 3.30. The predicted molar refractivity (Wildman–Crippen MR) is 162 cm³/mol.